The molecule has 0 aliphatic carbocycles. The van der Waals surface area contributed by atoms with Gasteiger partial charge >= 0.3 is 6.09 Å². The third-order valence-corrected chi connectivity index (χ3v) is 2.32. The van der Waals surface area contributed by atoms with Crippen LogP contribution >= 0.6 is 0 Å². The standard InChI is InChI=1S/C11H19FN2O4/c1-10(2,3)18-9(16)14-5-11(12,6-14)8(15)13-7-17-4/h5-7H2,1-4H3,(H,13,15). The van der Waals surface area contributed by atoms with Crippen molar-refractivity contribution in [3.8, 4) is 0 Å². The highest BCUT2D eigenvalue weighted by Crippen LogP contribution is 2.27. The number of hydrogen-bond donors (Lipinski definition) is 1. The number of likely N-dealkylation sites (tertiary alicyclic amines) is 1. The second kappa shape index (κ2) is 5.09. The third-order valence-electron chi connectivity index (χ3n) is 2.32. The number of nitrogens with one attached hydrogen (secondary N) is 1. The fourth-order valence-electron chi connectivity index (χ4n) is 1.45. The van der Waals surface area contributed by atoms with Gasteiger partial charge in [0.05, 0.1) is 13.1 Å². The molecular formula is C11H19FN2O4. The maximum Gasteiger partial charge on any atom is 0.410 e. The predicted octanol–water partition coefficient (Wildman–Crippen LogP) is 0.665. The summed E-state index contributed by atoms with van der Waals surface area (Å²) in [5.41, 5.74) is -2.68. The molecule has 0 atom stereocenters. The Hall–Kier alpha value is -1.37. The highest BCUT2D eigenvalue weighted by Gasteiger charge is 2.52. The van der Waals surface area contributed by atoms with Gasteiger partial charge in [0.2, 0.25) is 5.67 Å². The summed E-state index contributed by atoms with van der Waals surface area (Å²) in [5.74, 6) is -0.774. The van der Waals surface area contributed by atoms with Gasteiger partial charge in [-0.2, -0.15) is 0 Å². The van der Waals surface area contributed by atoms with Crippen molar-refractivity contribution in [2.45, 2.75) is 32.0 Å². The van der Waals surface area contributed by atoms with Gasteiger partial charge in [0.1, 0.15) is 12.3 Å². The molecule has 7 heteroatoms. The zero-order valence-electron chi connectivity index (χ0n) is 11.1. The summed E-state index contributed by atoms with van der Waals surface area (Å²) in [7, 11) is 1.39. The number of carbonyl (C=O) groups is 2. The van der Waals surface area contributed by atoms with Gasteiger partial charge < -0.3 is 19.7 Å². The first-order chi connectivity index (χ1) is 8.18. The van der Waals surface area contributed by atoms with Crippen molar-refractivity contribution in [2.75, 3.05) is 26.9 Å². The molecule has 1 rings (SSSR count). The number of methoxy groups -OCH3 is 1. The number of halogens is 1. The number of carbonyl (C=O) groups excluding carboxylic acids is 2. The number of hydrogen-bond acceptors (Lipinski definition) is 4. The Bertz CT molecular complexity index is 334. The van der Waals surface area contributed by atoms with Crippen LogP contribution in [0.2, 0.25) is 0 Å². The molecule has 2 amide bonds. The summed E-state index contributed by atoms with van der Waals surface area (Å²) in [4.78, 5) is 24.1. The molecule has 0 bridgehead atoms. The molecule has 0 saturated carbocycles. The van der Waals surface area contributed by atoms with Crippen molar-refractivity contribution in [1.29, 1.82) is 0 Å². The Kier molecular flexibility index (Phi) is 4.16. The Morgan fingerprint density at radius 3 is 2.39 bits per heavy atom. The van der Waals surface area contributed by atoms with E-state index in [0.29, 0.717) is 0 Å². The van der Waals surface area contributed by atoms with Crippen molar-refractivity contribution >= 4 is 12.0 Å². The molecule has 0 radical (unpaired) electrons. The summed E-state index contributed by atoms with van der Waals surface area (Å²) in [6.45, 7) is 4.52. The Balaban J connectivity index is 2.42. The first kappa shape index (κ1) is 14.7. The fraction of sp³-hybridized carbons (Fsp3) is 0.818. The molecule has 1 aliphatic rings. The minimum atomic E-state index is -2.05. The topological polar surface area (TPSA) is 67.9 Å². The van der Waals surface area contributed by atoms with Crippen molar-refractivity contribution < 1.29 is 23.5 Å². The average molecular weight is 262 g/mol. The first-order valence-electron chi connectivity index (χ1n) is 5.62. The molecule has 1 heterocycles. The van der Waals surface area contributed by atoms with E-state index < -0.39 is 23.3 Å². The van der Waals surface area contributed by atoms with E-state index in [1.165, 1.54) is 7.11 Å². The highest BCUT2D eigenvalue weighted by atomic mass is 19.1. The van der Waals surface area contributed by atoms with Crippen LogP contribution in [-0.2, 0) is 14.3 Å². The van der Waals surface area contributed by atoms with E-state index in [2.05, 4.69) is 10.1 Å². The normalized spacial score (nSPS) is 17.9. The van der Waals surface area contributed by atoms with Gasteiger partial charge in [0.25, 0.3) is 5.91 Å². The Labute approximate surface area is 105 Å². The number of alkyl halides is 1. The minimum Gasteiger partial charge on any atom is -0.444 e. The van der Waals surface area contributed by atoms with E-state index in [0.717, 1.165) is 4.90 Å². The number of ether oxygens (including phenoxy) is 2. The van der Waals surface area contributed by atoms with Crippen molar-refractivity contribution in [3.05, 3.63) is 0 Å². The molecule has 1 fully saturated rings. The zero-order valence-corrected chi connectivity index (χ0v) is 11.1. The molecule has 1 aliphatic heterocycles. The SMILES string of the molecule is COCNC(=O)C1(F)CN(C(=O)OC(C)(C)C)C1. The van der Waals surface area contributed by atoms with Gasteiger partial charge in [0, 0.05) is 7.11 Å². The molecule has 0 aromatic carbocycles. The minimum absolute atomic E-state index is 0.0586. The smallest absolute Gasteiger partial charge is 0.410 e. The molecule has 0 spiro atoms. The molecule has 1 saturated heterocycles. The zero-order chi connectivity index (χ0) is 14.0. The van der Waals surface area contributed by atoms with Crippen molar-refractivity contribution in [2.24, 2.45) is 0 Å². The van der Waals surface area contributed by atoms with Crippen LogP contribution in [0.15, 0.2) is 0 Å². The number of amides is 2. The largest absolute Gasteiger partial charge is 0.444 e. The highest BCUT2D eigenvalue weighted by molar-refractivity contribution is 5.88. The maximum atomic E-state index is 13.9. The molecular weight excluding hydrogens is 243 g/mol. The maximum absolute atomic E-state index is 13.9. The third kappa shape index (κ3) is 3.56. The summed E-state index contributed by atoms with van der Waals surface area (Å²) < 4.78 is 23.6. The quantitative estimate of drug-likeness (QED) is 0.759. The van der Waals surface area contributed by atoms with Gasteiger partial charge in [-0.1, -0.05) is 0 Å². The Morgan fingerprint density at radius 2 is 1.94 bits per heavy atom. The summed E-state index contributed by atoms with van der Waals surface area (Å²) in [6.07, 6.45) is -0.615. The van der Waals surface area contributed by atoms with Gasteiger partial charge in [-0.25, -0.2) is 9.18 Å². The van der Waals surface area contributed by atoms with Crippen LogP contribution in [0.4, 0.5) is 9.18 Å². The van der Waals surface area contributed by atoms with Gasteiger partial charge in [-0.3, -0.25) is 4.79 Å². The van der Waals surface area contributed by atoms with Gasteiger partial charge in [-0.05, 0) is 20.8 Å². The second-order valence-corrected chi connectivity index (χ2v) is 5.24. The van der Waals surface area contributed by atoms with E-state index in [4.69, 9.17) is 4.74 Å². The van der Waals surface area contributed by atoms with Crippen LogP contribution in [0.25, 0.3) is 0 Å². The lowest BCUT2D eigenvalue weighted by atomic mass is 9.96. The fourth-order valence-corrected chi connectivity index (χ4v) is 1.45. The summed E-state index contributed by atoms with van der Waals surface area (Å²) in [5, 5.41) is 2.27. The van der Waals surface area contributed by atoms with E-state index in [1.807, 2.05) is 0 Å². The van der Waals surface area contributed by atoms with Gasteiger partial charge in [0.15, 0.2) is 0 Å². The summed E-state index contributed by atoms with van der Waals surface area (Å²) in [6, 6.07) is 0. The van der Waals surface area contributed by atoms with Crippen LogP contribution in [0.5, 0.6) is 0 Å². The molecule has 104 valence electrons. The lowest BCUT2D eigenvalue weighted by molar-refractivity contribution is -0.145. The number of nitrogens with zero attached hydrogens (tertiary/aromatic N) is 1. The van der Waals surface area contributed by atoms with E-state index in [1.54, 1.807) is 20.8 Å². The van der Waals surface area contributed by atoms with Crippen molar-refractivity contribution in [3.63, 3.8) is 0 Å². The van der Waals surface area contributed by atoms with Gasteiger partial charge in [-0.15, -0.1) is 0 Å². The van der Waals surface area contributed by atoms with Crippen LogP contribution in [0.1, 0.15) is 20.8 Å². The van der Waals surface area contributed by atoms with Crippen LogP contribution < -0.4 is 5.32 Å². The Morgan fingerprint density at radius 1 is 1.39 bits per heavy atom. The monoisotopic (exact) mass is 262 g/mol. The van der Waals surface area contributed by atoms with E-state index in [-0.39, 0.29) is 19.8 Å². The molecule has 0 aromatic heterocycles. The average Bonchev–Trinajstić information content (AvgIpc) is 2.18. The predicted molar refractivity (Wildman–Crippen MR) is 61.7 cm³/mol. The van der Waals surface area contributed by atoms with Crippen molar-refractivity contribution in [1.82, 2.24) is 10.2 Å². The van der Waals surface area contributed by atoms with Crippen LogP contribution in [-0.4, -0.2) is 55.1 Å². The van der Waals surface area contributed by atoms with E-state index in [9.17, 15) is 14.0 Å². The lowest BCUT2D eigenvalue weighted by Gasteiger charge is -2.42. The second-order valence-electron chi connectivity index (χ2n) is 5.24. The number of rotatable bonds is 3. The molecule has 0 aromatic rings. The van der Waals surface area contributed by atoms with Crippen LogP contribution in [0.3, 0.4) is 0 Å². The lowest BCUT2D eigenvalue weighted by Crippen LogP contribution is -2.67. The molecule has 6 nitrogen and oxygen atoms in total. The molecule has 1 N–H and O–H groups in total. The first-order valence-corrected chi connectivity index (χ1v) is 5.62. The van der Waals surface area contributed by atoms with Crippen LogP contribution in [0, 0.1) is 0 Å². The molecule has 0 unspecified atom stereocenters. The summed E-state index contributed by atoms with van der Waals surface area (Å²) >= 11 is 0. The molecule has 18 heavy (non-hydrogen) atoms. The van der Waals surface area contributed by atoms with E-state index >= 15 is 0 Å².